The van der Waals surface area contributed by atoms with Crippen LogP contribution in [-0.4, -0.2) is 33.9 Å². The van der Waals surface area contributed by atoms with Crippen molar-refractivity contribution >= 4 is 29.0 Å². The van der Waals surface area contributed by atoms with Gasteiger partial charge in [0.15, 0.2) is 5.82 Å². The Morgan fingerprint density at radius 2 is 1.79 bits per heavy atom. The molecule has 3 heterocycles. The average Bonchev–Trinajstić information content (AvgIpc) is 3.24. The van der Waals surface area contributed by atoms with Gasteiger partial charge in [-0.15, -0.1) is 0 Å². The van der Waals surface area contributed by atoms with Crippen molar-refractivity contribution in [3.05, 3.63) is 65.9 Å². The minimum atomic E-state index is -0.656. The highest BCUT2D eigenvalue weighted by molar-refractivity contribution is 6.04. The first-order chi connectivity index (χ1) is 14.1. The third-order valence-electron chi connectivity index (χ3n) is 4.66. The Balaban J connectivity index is 1.45. The molecule has 2 N–H and O–H groups in total. The van der Waals surface area contributed by atoms with Crippen LogP contribution < -0.4 is 15.5 Å². The summed E-state index contributed by atoms with van der Waals surface area (Å²) in [5.41, 5.74) is 2.23. The van der Waals surface area contributed by atoms with Gasteiger partial charge < -0.3 is 15.5 Å². The van der Waals surface area contributed by atoms with Crippen LogP contribution in [0.4, 0.5) is 27.5 Å². The lowest BCUT2D eigenvalue weighted by Crippen LogP contribution is -2.21. The second-order valence-electron chi connectivity index (χ2n) is 6.90. The van der Waals surface area contributed by atoms with Crippen molar-refractivity contribution in [1.29, 1.82) is 0 Å². The predicted molar refractivity (Wildman–Crippen MR) is 110 cm³/mol. The number of benzene rings is 1. The molecule has 0 radical (unpaired) electrons. The molecule has 0 atom stereocenters. The van der Waals surface area contributed by atoms with Gasteiger partial charge in [-0.1, -0.05) is 0 Å². The third kappa shape index (κ3) is 4.48. The molecule has 0 bridgehead atoms. The van der Waals surface area contributed by atoms with E-state index in [0.717, 1.165) is 55.3 Å². The summed E-state index contributed by atoms with van der Waals surface area (Å²) in [7, 11) is 0. The third-order valence-corrected chi connectivity index (χ3v) is 4.66. The van der Waals surface area contributed by atoms with Gasteiger partial charge in [-0.05, 0) is 50.1 Å². The Morgan fingerprint density at radius 3 is 2.52 bits per heavy atom. The first-order valence-corrected chi connectivity index (χ1v) is 9.47. The number of aromatic nitrogens is 3. The molecule has 0 saturated carbocycles. The van der Waals surface area contributed by atoms with Gasteiger partial charge in [-0.3, -0.25) is 9.78 Å². The standard InChI is InChI=1S/C21H21FN6O/c1-14-12-19(27-21(24-14)28-10-2-3-11-28)25-15-4-6-16(7-5-15)26-20(29)17-8-9-23-13-18(17)22/h4-9,12-13H,2-3,10-11H2,1H3,(H,26,29)(H,24,25,27). The van der Waals surface area contributed by atoms with E-state index in [1.165, 1.54) is 12.3 Å². The van der Waals surface area contributed by atoms with E-state index in [1.807, 2.05) is 25.1 Å². The van der Waals surface area contributed by atoms with E-state index in [1.54, 1.807) is 12.1 Å². The van der Waals surface area contributed by atoms with Crippen LogP contribution in [0.2, 0.25) is 0 Å². The van der Waals surface area contributed by atoms with Crippen LogP contribution in [-0.2, 0) is 0 Å². The summed E-state index contributed by atoms with van der Waals surface area (Å²) in [6.45, 7) is 3.91. The number of amides is 1. The number of hydrogen-bond acceptors (Lipinski definition) is 6. The number of anilines is 4. The van der Waals surface area contributed by atoms with E-state index < -0.39 is 11.7 Å². The van der Waals surface area contributed by atoms with Crippen LogP contribution in [0.15, 0.2) is 48.8 Å². The van der Waals surface area contributed by atoms with Crippen molar-refractivity contribution < 1.29 is 9.18 Å². The summed E-state index contributed by atoms with van der Waals surface area (Å²) < 4.78 is 13.7. The maximum atomic E-state index is 13.7. The number of carbonyl (C=O) groups is 1. The number of hydrogen-bond donors (Lipinski definition) is 2. The van der Waals surface area contributed by atoms with Gasteiger partial charge in [-0.25, -0.2) is 9.37 Å². The fourth-order valence-electron chi connectivity index (χ4n) is 3.22. The molecule has 7 nitrogen and oxygen atoms in total. The van der Waals surface area contributed by atoms with Crippen LogP contribution in [0.3, 0.4) is 0 Å². The van der Waals surface area contributed by atoms with Crippen LogP contribution in [0, 0.1) is 12.7 Å². The Hall–Kier alpha value is -3.55. The Kier molecular flexibility index (Phi) is 5.33. The van der Waals surface area contributed by atoms with Crippen molar-refractivity contribution in [3.8, 4) is 0 Å². The number of halogens is 1. The van der Waals surface area contributed by atoms with Crippen LogP contribution in [0.25, 0.3) is 0 Å². The Labute approximate surface area is 168 Å². The highest BCUT2D eigenvalue weighted by atomic mass is 19.1. The zero-order chi connectivity index (χ0) is 20.2. The minimum absolute atomic E-state index is 0.0481. The van der Waals surface area contributed by atoms with E-state index >= 15 is 0 Å². The van der Waals surface area contributed by atoms with Crippen molar-refractivity contribution in [2.45, 2.75) is 19.8 Å². The van der Waals surface area contributed by atoms with E-state index in [9.17, 15) is 9.18 Å². The number of pyridine rings is 1. The lowest BCUT2D eigenvalue weighted by molar-refractivity contribution is 0.102. The van der Waals surface area contributed by atoms with Gasteiger partial charge in [0.25, 0.3) is 5.91 Å². The summed E-state index contributed by atoms with van der Waals surface area (Å²) in [5.74, 6) is 0.284. The Bertz CT molecular complexity index is 1020. The normalized spacial score (nSPS) is 13.4. The molecule has 8 heteroatoms. The second-order valence-corrected chi connectivity index (χ2v) is 6.90. The maximum absolute atomic E-state index is 13.7. The zero-order valence-corrected chi connectivity index (χ0v) is 16.0. The van der Waals surface area contributed by atoms with Gasteiger partial charge in [0, 0.05) is 42.4 Å². The summed E-state index contributed by atoms with van der Waals surface area (Å²) in [4.78, 5) is 27.2. The van der Waals surface area contributed by atoms with Crippen molar-refractivity contribution in [3.63, 3.8) is 0 Å². The first-order valence-electron chi connectivity index (χ1n) is 9.47. The van der Waals surface area contributed by atoms with Crippen molar-refractivity contribution in [2.24, 2.45) is 0 Å². The van der Waals surface area contributed by atoms with E-state index in [-0.39, 0.29) is 5.56 Å². The zero-order valence-electron chi connectivity index (χ0n) is 16.0. The molecular weight excluding hydrogens is 371 g/mol. The highest BCUT2D eigenvalue weighted by Gasteiger charge is 2.16. The smallest absolute Gasteiger partial charge is 0.258 e. The number of carbonyl (C=O) groups excluding carboxylic acids is 1. The quantitative estimate of drug-likeness (QED) is 0.685. The van der Waals surface area contributed by atoms with Crippen molar-refractivity contribution in [1.82, 2.24) is 15.0 Å². The molecule has 0 aliphatic carbocycles. The number of nitrogens with one attached hydrogen (secondary N) is 2. The molecular formula is C21H21FN6O. The number of aryl methyl sites for hydroxylation is 1. The van der Waals surface area contributed by atoms with Gasteiger partial charge in [0.2, 0.25) is 5.95 Å². The van der Waals surface area contributed by atoms with Gasteiger partial charge >= 0.3 is 0 Å². The molecule has 1 aliphatic rings. The lowest BCUT2D eigenvalue weighted by Gasteiger charge is -2.17. The molecule has 1 aromatic carbocycles. The average molecular weight is 392 g/mol. The molecule has 1 saturated heterocycles. The van der Waals surface area contributed by atoms with Gasteiger partial charge in [-0.2, -0.15) is 4.98 Å². The van der Waals surface area contributed by atoms with E-state index in [4.69, 9.17) is 0 Å². The fraction of sp³-hybridized carbons (Fsp3) is 0.238. The Morgan fingerprint density at radius 1 is 1.07 bits per heavy atom. The summed E-state index contributed by atoms with van der Waals surface area (Å²) >= 11 is 0. The first kappa shape index (κ1) is 18.8. The lowest BCUT2D eigenvalue weighted by atomic mass is 10.2. The second kappa shape index (κ2) is 8.22. The molecule has 1 fully saturated rings. The van der Waals surface area contributed by atoms with Gasteiger partial charge in [0.05, 0.1) is 11.8 Å². The van der Waals surface area contributed by atoms with Crippen LogP contribution >= 0.6 is 0 Å². The molecule has 1 amide bonds. The van der Waals surface area contributed by atoms with Crippen molar-refractivity contribution in [2.75, 3.05) is 28.6 Å². The SMILES string of the molecule is Cc1cc(Nc2ccc(NC(=O)c3ccncc3F)cc2)nc(N2CCCC2)n1. The molecule has 1 aliphatic heterocycles. The van der Waals surface area contributed by atoms with Crippen LogP contribution in [0.1, 0.15) is 28.9 Å². The topological polar surface area (TPSA) is 83.0 Å². The maximum Gasteiger partial charge on any atom is 0.258 e. The molecule has 0 spiro atoms. The predicted octanol–water partition coefficient (Wildman–Crippen LogP) is 3.92. The fourth-order valence-corrected chi connectivity index (χ4v) is 3.22. The van der Waals surface area contributed by atoms with Gasteiger partial charge in [0.1, 0.15) is 5.82 Å². The molecule has 148 valence electrons. The monoisotopic (exact) mass is 392 g/mol. The van der Waals surface area contributed by atoms with E-state index in [2.05, 4.69) is 30.5 Å². The summed E-state index contributed by atoms with van der Waals surface area (Å²) in [5, 5.41) is 5.95. The summed E-state index contributed by atoms with van der Waals surface area (Å²) in [6, 6.07) is 10.4. The van der Waals surface area contributed by atoms with E-state index in [0.29, 0.717) is 5.69 Å². The van der Waals surface area contributed by atoms with Crippen LogP contribution in [0.5, 0.6) is 0 Å². The molecule has 2 aromatic heterocycles. The molecule has 0 unspecified atom stereocenters. The number of rotatable bonds is 5. The largest absolute Gasteiger partial charge is 0.341 e. The molecule has 29 heavy (non-hydrogen) atoms. The summed E-state index contributed by atoms with van der Waals surface area (Å²) in [6.07, 6.45) is 4.72. The number of nitrogens with zero attached hydrogens (tertiary/aromatic N) is 4. The molecule has 3 aromatic rings. The molecule has 4 rings (SSSR count). The minimum Gasteiger partial charge on any atom is -0.341 e. The highest BCUT2D eigenvalue weighted by Crippen LogP contribution is 2.22.